The number of aliphatic hydroxyl groups is 1. The number of halogens is 2. The van der Waals surface area contributed by atoms with E-state index in [2.05, 4.69) is 45.7 Å². The van der Waals surface area contributed by atoms with Crippen molar-refractivity contribution in [2.75, 3.05) is 4.90 Å². The van der Waals surface area contributed by atoms with Crippen LogP contribution in [0.1, 0.15) is 53.2 Å². The summed E-state index contributed by atoms with van der Waals surface area (Å²) in [5.74, 6) is -0.409. The number of hydrogen-bond acceptors (Lipinski definition) is 3. The Morgan fingerprint density at radius 1 is 1.03 bits per heavy atom. The smallest absolute Gasteiger partial charge is 0.264 e. The van der Waals surface area contributed by atoms with Crippen molar-refractivity contribution >= 4 is 49.2 Å². The van der Waals surface area contributed by atoms with Crippen LogP contribution in [0.3, 0.4) is 0 Å². The Morgan fingerprint density at radius 3 is 2.38 bits per heavy atom. The van der Waals surface area contributed by atoms with Crippen molar-refractivity contribution in [3.05, 3.63) is 97.9 Å². The number of Topliss-reactive ketones (excluding diaryl/α,β-unsaturated/α-hetero) is 1. The largest absolute Gasteiger partial charge is 0.375 e. The zero-order valence-corrected chi connectivity index (χ0v) is 21.0. The number of amides is 1. The van der Waals surface area contributed by atoms with Crippen molar-refractivity contribution in [1.82, 2.24) is 0 Å². The molecule has 0 aliphatic carbocycles. The molecule has 0 bridgehead atoms. The minimum Gasteiger partial charge on any atom is -0.375 e. The van der Waals surface area contributed by atoms with Crippen LogP contribution in [-0.2, 0) is 16.9 Å². The molecule has 0 spiro atoms. The van der Waals surface area contributed by atoms with E-state index in [-0.39, 0.29) is 18.7 Å². The maximum Gasteiger partial charge on any atom is 0.264 e. The summed E-state index contributed by atoms with van der Waals surface area (Å²) in [5, 5.41) is 11.6. The van der Waals surface area contributed by atoms with Crippen LogP contribution in [-0.4, -0.2) is 16.8 Å². The molecule has 164 valence electrons. The average Bonchev–Trinajstić information content (AvgIpc) is 2.96. The molecule has 1 atom stereocenters. The summed E-state index contributed by atoms with van der Waals surface area (Å²) >= 11 is 6.96. The number of benzene rings is 3. The SMILES string of the molecule is CC(C)c1ccc(C(=O)CC2(O)C(=O)N(Cc3ccccc3Br)c3ccc(Br)cc32)cc1. The molecule has 1 aliphatic rings. The number of nitrogens with zero attached hydrogens (tertiary/aromatic N) is 1. The van der Waals surface area contributed by atoms with Crippen molar-refractivity contribution in [2.45, 2.75) is 38.3 Å². The third-order valence-electron chi connectivity index (χ3n) is 5.90. The number of carbonyl (C=O) groups excluding carboxylic acids is 2. The standard InChI is InChI=1S/C26H23Br2NO3/c1-16(2)17-7-9-18(10-8-17)24(30)14-26(32)21-13-20(27)11-12-23(21)29(25(26)31)15-19-5-3-4-6-22(19)28/h3-13,16,32H,14-15H2,1-2H3. The maximum absolute atomic E-state index is 13.5. The maximum atomic E-state index is 13.5. The summed E-state index contributed by atoms with van der Waals surface area (Å²) in [6.07, 6.45) is -0.317. The zero-order valence-electron chi connectivity index (χ0n) is 17.8. The fourth-order valence-corrected chi connectivity index (χ4v) is 4.81. The lowest BCUT2D eigenvalue weighted by molar-refractivity contribution is -0.136. The van der Waals surface area contributed by atoms with Gasteiger partial charge in [0.15, 0.2) is 11.4 Å². The molecule has 1 amide bonds. The lowest BCUT2D eigenvalue weighted by atomic mass is 9.87. The second-order valence-corrected chi connectivity index (χ2v) is 10.2. The Labute approximate surface area is 204 Å². The van der Waals surface area contributed by atoms with Crippen LogP contribution in [0.15, 0.2) is 75.7 Å². The van der Waals surface area contributed by atoms with E-state index in [1.165, 1.54) is 0 Å². The normalized spacial score (nSPS) is 17.7. The second kappa shape index (κ2) is 8.93. The van der Waals surface area contributed by atoms with Gasteiger partial charge in [0.25, 0.3) is 5.91 Å². The van der Waals surface area contributed by atoms with Crippen molar-refractivity contribution < 1.29 is 14.7 Å². The van der Waals surface area contributed by atoms with Gasteiger partial charge in [0.05, 0.1) is 18.7 Å². The monoisotopic (exact) mass is 555 g/mol. The van der Waals surface area contributed by atoms with E-state index in [9.17, 15) is 14.7 Å². The molecule has 1 unspecified atom stereocenters. The molecule has 3 aromatic rings. The number of carbonyl (C=O) groups is 2. The van der Waals surface area contributed by atoms with E-state index in [0.29, 0.717) is 22.7 Å². The van der Waals surface area contributed by atoms with Gasteiger partial charge in [0.2, 0.25) is 0 Å². The first-order chi connectivity index (χ1) is 15.2. The highest BCUT2D eigenvalue weighted by Gasteiger charge is 2.51. The van der Waals surface area contributed by atoms with Crippen LogP contribution in [0.4, 0.5) is 5.69 Å². The molecule has 32 heavy (non-hydrogen) atoms. The summed E-state index contributed by atoms with van der Waals surface area (Å²) < 4.78 is 1.61. The van der Waals surface area contributed by atoms with Gasteiger partial charge < -0.3 is 10.0 Å². The van der Waals surface area contributed by atoms with Crippen molar-refractivity contribution in [3.8, 4) is 0 Å². The molecule has 4 rings (SSSR count). The molecule has 3 aromatic carbocycles. The fraction of sp³-hybridized carbons (Fsp3) is 0.231. The van der Waals surface area contributed by atoms with Crippen molar-refractivity contribution in [1.29, 1.82) is 0 Å². The lowest BCUT2D eigenvalue weighted by Crippen LogP contribution is -2.41. The number of ketones is 1. The van der Waals surface area contributed by atoms with Crippen molar-refractivity contribution in [3.63, 3.8) is 0 Å². The number of hydrogen-bond donors (Lipinski definition) is 1. The first-order valence-electron chi connectivity index (χ1n) is 10.4. The average molecular weight is 557 g/mol. The van der Waals surface area contributed by atoms with Crippen molar-refractivity contribution in [2.24, 2.45) is 0 Å². The highest BCUT2D eigenvalue weighted by atomic mass is 79.9. The van der Waals surface area contributed by atoms with E-state index >= 15 is 0 Å². The summed E-state index contributed by atoms with van der Waals surface area (Å²) in [6.45, 7) is 4.46. The Hall–Kier alpha value is -2.28. The molecule has 0 saturated carbocycles. The molecule has 0 saturated heterocycles. The molecular formula is C26H23Br2NO3. The molecule has 0 fully saturated rings. The minimum atomic E-state index is -1.92. The van der Waals surface area contributed by atoms with E-state index in [4.69, 9.17) is 0 Å². The lowest BCUT2D eigenvalue weighted by Gasteiger charge is -2.23. The Kier molecular flexibility index (Phi) is 6.39. The van der Waals surface area contributed by atoms with Crippen LogP contribution in [0.2, 0.25) is 0 Å². The summed E-state index contributed by atoms with van der Waals surface area (Å²) in [4.78, 5) is 28.2. The minimum absolute atomic E-state index is 0.273. The molecule has 0 aromatic heterocycles. The molecule has 6 heteroatoms. The predicted octanol–water partition coefficient (Wildman–Crippen LogP) is 6.34. The quantitative estimate of drug-likeness (QED) is 0.360. The summed E-state index contributed by atoms with van der Waals surface area (Å²) in [5.41, 5.74) is 1.65. The highest BCUT2D eigenvalue weighted by Crippen LogP contribution is 2.45. The van der Waals surface area contributed by atoms with E-state index in [1.807, 2.05) is 42.5 Å². The second-order valence-electron chi connectivity index (χ2n) is 8.38. The van der Waals surface area contributed by atoms with Crippen LogP contribution < -0.4 is 4.90 Å². The molecule has 1 N–H and O–H groups in total. The first-order valence-corrected chi connectivity index (χ1v) is 12.0. The summed E-state index contributed by atoms with van der Waals surface area (Å²) in [7, 11) is 0. The van der Waals surface area contributed by atoms with Gasteiger partial charge in [-0.15, -0.1) is 0 Å². The summed E-state index contributed by atoms with van der Waals surface area (Å²) in [6, 6.07) is 20.4. The van der Waals surface area contributed by atoms with E-state index in [1.54, 1.807) is 29.2 Å². The van der Waals surface area contributed by atoms with Gasteiger partial charge in [-0.05, 0) is 41.3 Å². The van der Waals surface area contributed by atoms with Crippen LogP contribution >= 0.6 is 31.9 Å². The molecule has 1 aliphatic heterocycles. The van der Waals surface area contributed by atoms with Gasteiger partial charge >= 0.3 is 0 Å². The van der Waals surface area contributed by atoms with Crippen LogP contribution in [0.25, 0.3) is 0 Å². The van der Waals surface area contributed by atoms with Gasteiger partial charge in [-0.3, -0.25) is 9.59 Å². The Balaban J connectivity index is 1.68. The molecule has 4 nitrogen and oxygen atoms in total. The highest BCUT2D eigenvalue weighted by molar-refractivity contribution is 9.10. The fourth-order valence-electron chi connectivity index (χ4n) is 4.04. The zero-order chi connectivity index (χ0) is 23.0. The number of fused-ring (bicyclic) bond motifs is 1. The van der Waals surface area contributed by atoms with Crippen LogP contribution in [0, 0.1) is 0 Å². The van der Waals surface area contributed by atoms with Gasteiger partial charge in [0.1, 0.15) is 0 Å². The molecule has 0 radical (unpaired) electrons. The van der Waals surface area contributed by atoms with E-state index in [0.717, 1.165) is 20.1 Å². The topological polar surface area (TPSA) is 57.6 Å². The van der Waals surface area contributed by atoms with Gasteiger partial charge in [-0.1, -0.05) is 88.2 Å². The molecule has 1 heterocycles. The van der Waals surface area contributed by atoms with Gasteiger partial charge in [-0.2, -0.15) is 0 Å². The number of anilines is 1. The molecular weight excluding hydrogens is 534 g/mol. The third kappa shape index (κ3) is 4.19. The number of rotatable bonds is 6. The Morgan fingerprint density at radius 2 is 1.72 bits per heavy atom. The predicted molar refractivity (Wildman–Crippen MR) is 133 cm³/mol. The van der Waals surface area contributed by atoms with Gasteiger partial charge in [-0.25, -0.2) is 0 Å². The third-order valence-corrected chi connectivity index (χ3v) is 7.16. The van der Waals surface area contributed by atoms with Gasteiger partial charge in [0, 0.05) is 20.1 Å². The van der Waals surface area contributed by atoms with Crippen LogP contribution in [0.5, 0.6) is 0 Å². The van der Waals surface area contributed by atoms with E-state index < -0.39 is 11.5 Å². The first kappa shape index (κ1) is 22.9. The Bertz CT molecular complexity index is 1190.